The predicted molar refractivity (Wildman–Crippen MR) is 66.2 cm³/mol. The first-order valence-corrected chi connectivity index (χ1v) is 6.07. The zero-order valence-electron chi connectivity index (χ0n) is 10.9. The number of aliphatic carboxylic acids is 1. The van der Waals surface area contributed by atoms with E-state index in [9.17, 15) is 14.7 Å². The third kappa shape index (κ3) is 2.13. The molecule has 1 atom stereocenters. The molecule has 0 bridgehead atoms. The lowest BCUT2D eigenvalue weighted by Crippen LogP contribution is -2.40. The number of rotatable bonds is 3. The zero-order valence-corrected chi connectivity index (χ0v) is 10.9. The van der Waals surface area contributed by atoms with Gasteiger partial charge in [-0.25, -0.2) is 0 Å². The molecule has 1 fully saturated rings. The van der Waals surface area contributed by atoms with Crippen molar-refractivity contribution in [3.05, 3.63) is 5.82 Å². The van der Waals surface area contributed by atoms with Crippen LogP contribution in [0.25, 0.3) is 0 Å². The summed E-state index contributed by atoms with van der Waals surface area (Å²) in [5.74, 6) is -1.25. The van der Waals surface area contributed by atoms with Crippen LogP contribution in [-0.2, 0) is 4.79 Å². The maximum atomic E-state index is 12.1. The number of carboxylic acid groups (broad SMARTS) is 1. The first-order chi connectivity index (χ1) is 8.86. The summed E-state index contributed by atoms with van der Waals surface area (Å²) < 4.78 is 0. The monoisotopic (exact) mass is 267 g/mol. The Morgan fingerprint density at radius 2 is 2.21 bits per heavy atom. The van der Waals surface area contributed by atoms with Gasteiger partial charge in [0.2, 0.25) is 11.8 Å². The van der Waals surface area contributed by atoms with E-state index in [0.717, 1.165) is 0 Å². The van der Waals surface area contributed by atoms with Crippen molar-refractivity contribution < 1.29 is 14.7 Å². The minimum Gasteiger partial charge on any atom is -0.481 e. The van der Waals surface area contributed by atoms with Gasteiger partial charge in [-0.2, -0.15) is 4.98 Å². The van der Waals surface area contributed by atoms with Gasteiger partial charge < -0.3 is 15.7 Å². The van der Waals surface area contributed by atoms with Crippen LogP contribution >= 0.6 is 0 Å². The van der Waals surface area contributed by atoms with E-state index in [2.05, 4.69) is 15.2 Å². The van der Waals surface area contributed by atoms with Crippen molar-refractivity contribution in [2.45, 2.75) is 20.3 Å². The molecule has 0 aliphatic carbocycles. The number of hydrogen-bond donors (Lipinski definition) is 3. The molecule has 0 radical (unpaired) electrons. The summed E-state index contributed by atoms with van der Waals surface area (Å²) in [6, 6.07) is 0. The Hall–Kier alpha value is -2.12. The smallest absolute Gasteiger partial charge is 0.311 e. The normalized spacial score (nSPS) is 23.0. The van der Waals surface area contributed by atoms with Gasteiger partial charge in [0.1, 0.15) is 0 Å². The van der Waals surface area contributed by atoms with E-state index >= 15 is 0 Å². The van der Waals surface area contributed by atoms with Crippen LogP contribution in [0.3, 0.4) is 0 Å². The first-order valence-electron chi connectivity index (χ1n) is 6.07. The maximum Gasteiger partial charge on any atom is 0.311 e. The number of carboxylic acids is 1. The standard InChI is InChI=1S/C11H17N5O3/c1-6(2)11(9(18)19)3-4-16(5-11)8(17)7-13-10(12)15-14-7/h6H,3-5H2,1-2H3,(H,18,19)(H3,12,13,14,15). The Morgan fingerprint density at radius 1 is 1.53 bits per heavy atom. The van der Waals surface area contributed by atoms with Gasteiger partial charge in [-0.1, -0.05) is 13.8 Å². The SMILES string of the molecule is CC(C)C1(C(=O)O)CCN(C(=O)c2nc(N)n[nH]2)C1. The molecule has 19 heavy (non-hydrogen) atoms. The molecule has 0 spiro atoms. The first kappa shape index (κ1) is 13.3. The second-order valence-electron chi connectivity index (χ2n) is 5.13. The molecule has 1 aliphatic rings. The fourth-order valence-electron chi connectivity index (χ4n) is 2.42. The van der Waals surface area contributed by atoms with Crippen molar-refractivity contribution in [1.82, 2.24) is 20.1 Å². The summed E-state index contributed by atoms with van der Waals surface area (Å²) in [7, 11) is 0. The molecule has 1 saturated heterocycles. The van der Waals surface area contributed by atoms with Crippen molar-refractivity contribution in [2.75, 3.05) is 18.8 Å². The Labute approximate surface area is 110 Å². The second kappa shape index (κ2) is 4.52. The molecule has 2 heterocycles. The largest absolute Gasteiger partial charge is 0.481 e. The van der Waals surface area contributed by atoms with E-state index in [4.69, 9.17) is 5.73 Å². The number of amides is 1. The lowest BCUT2D eigenvalue weighted by molar-refractivity contribution is -0.150. The molecule has 0 aromatic carbocycles. The van der Waals surface area contributed by atoms with Crippen molar-refractivity contribution in [1.29, 1.82) is 0 Å². The van der Waals surface area contributed by atoms with Crippen LogP contribution in [0.5, 0.6) is 0 Å². The number of hydrogen-bond acceptors (Lipinski definition) is 5. The highest BCUT2D eigenvalue weighted by atomic mass is 16.4. The predicted octanol–water partition coefficient (Wildman–Crippen LogP) is -0.0402. The fourth-order valence-corrected chi connectivity index (χ4v) is 2.42. The second-order valence-corrected chi connectivity index (χ2v) is 5.13. The summed E-state index contributed by atoms with van der Waals surface area (Å²) in [4.78, 5) is 28.9. The molecular weight excluding hydrogens is 250 g/mol. The topological polar surface area (TPSA) is 125 Å². The number of aromatic nitrogens is 3. The van der Waals surface area contributed by atoms with Gasteiger partial charge in [-0.05, 0) is 12.3 Å². The van der Waals surface area contributed by atoms with Gasteiger partial charge >= 0.3 is 5.97 Å². The van der Waals surface area contributed by atoms with Gasteiger partial charge in [0.25, 0.3) is 5.91 Å². The fraction of sp³-hybridized carbons (Fsp3) is 0.636. The van der Waals surface area contributed by atoms with Crippen LogP contribution in [0.1, 0.15) is 30.9 Å². The average molecular weight is 267 g/mol. The molecule has 1 amide bonds. The Kier molecular flexibility index (Phi) is 3.17. The van der Waals surface area contributed by atoms with Crippen LogP contribution in [-0.4, -0.2) is 50.2 Å². The molecule has 1 unspecified atom stereocenters. The van der Waals surface area contributed by atoms with E-state index in [1.165, 1.54) is 4.90 Å². The lowest BCUT2D eigenvalue weighted by Gasteiger charge is -2.28. The third-order valence-electron chi connectivity index (χ3n) is 3.82. The molecular formula is C11H17N5O3. The number of nitrogens with one attached hydrogen (secondary N) is 1. The number of carbonyl (C=O) groups is 2. The van der Waals surface area contributed by atoms with E-state index in [0.29, 0.717) is 13.0 Å². The molecule has 4 N–H and O–H groups in total. The third-order valence-corrected chi connectivity index (χ3v) is 3.82. The maximum absolute atomic E-state index is 12.1. The van der Waals surface area contributed by atoms with Crippen molar-refractivity contribution in [3.8, 4) is 0 Å². The number of nitrogen functional groups attached to an aromatic ring is 1. The highest BCUT2D eigenvalue weighted by Gasteiger charge is 2.48. The number of likely N-dealkylation sites (tertiary alicyclic amines) is 1. The number of aromatic amines is 1. The van der Waals surface area contributed by atoms with E-state index in [-0.39, 0.29) is 30.1 Å². The van der Waals surface area contributed by atoms with E-state index < -0.39 is 11.4 Å². The average Bonchev–Trinajstić information content (AvgIpc) is 2.94. The number of H-pyrrole nitrogens is 1. The highest BCUT2D eigenvalue weighted by molar-refractivity contribution is 5.91. The Balaban J connectivity index is 2.18. The van der Waals surface area contributed by atoms with Gasteiger partial charge in [-0.3, -0.25) is 14.7 Å². The highest BCUT2D eigenvalue weighted by Crippen LogP contribution is 2.38. The summed E-state index contributed by atoms with van der Waals surface area (Å²) >= 11 is 0. The van der Waals surface area contributed by atoms with E-state index in [1.54, 1.807) is 0 Å². The van der Waals surface area contributed by atoms with Crippen LogP contribution < -0.4 is 5.73 Å². The van der Waals surface area contributed by atoms with E-state index in [1.807, 2.05) is 13.8 Å². The van der Waals surface area contributed by atoms with Crippen molar-refractivity contribution in [2.24, 2.45) is 11.3 Å². The van der Waals surface area contributed by atoms with Crippen molar-refractivity contribution in [3.63, 3.8) is 0 Å². The van der Waals surface area contributed by atoms with Crippen LogP contribution in [0.4, 0.5) is 5.95 Å². The number of carbonyl (C=O) groups excluding carboxylic acids is 1. The van der Waals surface area contributed by atoms with Crippen LogP contribution in [0.2, 0.25) is 0 Å². The quantitative estimate of drug-likeness (QED) is 0.705. The Bertz CT molecular complexity index is 512. The van der Waals surface area contributed by atoms with Gasteiger partial charge in [-0.15, -0.1) is 5.10 Å². The minimum atomic E-state index is -0.888. The molecule has 1 aromatic rings. The number of nitrogens with two attached hydrogens (primary N) is 1. The summed E-state index contributed by atoms with van der Waals surface area (Å²) in [6.45, 7) is 4.28. The van der Waals surface area contributed by atoms with Crippen LogP contribution in [0, 0.1) is 11.3 Å². The van der Waals surface area contributed by atoms with Gasteiger partial charge in [0.15, 0.2) is 0 Å². The molecule has 8 heteroatoms. The molecule has 2 rings (SSSR count). The molecule has 1 aliphatic heterocycles. The molecule has 1 aromatic heterocycles. The summed E-state index contributed by atoms with van der Waals surface area (Å²) in [6.07, 6.45) is 0.440. The lowest BCUT2D eigenvalue weighted by atomic mass is 9.76. The number of nitrogens with zero attached hydrogens (tertiary/aromatic N) is 3. The van der Waals surface area contributed by atoms with Crippen LogP contribution in [0.15, 0.2) is 0 Å². The minimum absolute atomic E-state index is 0.00379. The number of anilines is 1. The molecule has 0 saturated carbocycles. The molecule has 8 nitrogen and oxygen atoms in total. The Morgan fingerprint density at radius 3 is 2.63 bits per heavy atom. The summed E-state index contributed by atoms with van der Waals surface area (Å²) in [5, 5.41) is 15.5. The summed E-state index contributed by atoms with van der Waals surface area (Å²) in [5.41, 5.74) is 4.46. The zero-order chi connectivity index (χ0) is 14.2. The van der Waals surface area contributed by atoms with Gasteiger partial charge in [0.05, 0.1) is 5.41 Å². The van der Waals surface area contributed by atoms with Gasteiger partial charge in [0, 0.05) is 13.1 Å². The van der Waals surface area contributed by atoms with Crippen molar-refractivity contribution >= 4 is 17.8 Å². The molecule has 104 valence electrons.